The van der Waals surface area contributed by atoms with Gasteiger partial charge in [-0.1, -0.05) is 44.9 Å². The van der Waals surface area contributed by atoms with E-state index in [1.165, 1.54) is 15.6 Å². The van der Waals surface area contributed by atoms with Crippen molar-refractivity contribution in [1.82, 2.24) is 0 Å². The molecule has 0 radical (unpaired) electrons. The van der Waals surface area contributed by atoms with Crippen LogP contribution in [0.2, 0.25) is 0 Å². The van der Waals surface area contributed by atoms with Crippen LogP contribution in [-0.2, 0) is 0 Å². The minimum Gasteiger partial charge on any atom is -0.0801 e. The van der Waals surface area contributed by atoms with Crippen LogP contribution in [0.15, 0.2) is 21.7 Å². The van der Waals surface area contributed by atoms with E-state index in [0.29, 0.717) is 5.92 Å². The van der Waals surface area contributed by atoms with Crippen LogP contribution in [-0.4, -0.2) is 4.32 Å². The molecule has 1 aliphatic rings. The van der Waals surface area contributed by atoms with Gasteiger partial charge in [0.25, 0.3) is 0 Å². The summed E-state index contributed by atoms with van der Waals surface area (Å²) in [5, 5.41) is 0. The minimum absolute atomic E-state index is 0.116. The van der Waals surface area contributed by atoms with E-state index in [1.54, 1.807) is 0 Å². The molecule has 1 rings (SSSR count). The lowest BCUT2D eigenvalue weighted by Gasteiger charge is -2.34. The zero-order valence-electron chi connectivity index (χ0n) is 7.91. The fourth-order valence-corrected chi connectivity index (χ4v) is 2.60. The van der Waals surface area contributed by atoms with E-state index in [4.69, 9.17) is 0 Å². The molecule has 0 nitrogen and oxygen atoms in total. The van der Waals surface area contributed by atoms with E-state index in [2.05, 4.69) is 65.6 Å². The van der Waals surface area contributed by atoms with Crippen molar-refractivity contribution in [2.75, 3.05) is 0 Å². The lowest BCUT2D eigenvalue weighted by molar-refractivity contribution is 0.577. The van der Waals surface area contributed by atoms with Gasteiger partial charge in [-0.25, -0.2) is 0 Å². The number of allylic oxidation sites excluding steroid dienone is 4. The van der Waals surface area contributed by atoms with Crippen LogP contribution in [0.3, 0.4) is 0 Å². The first-order chi connectivity index (χ1) is 5.37. The van der Waals surface area contributed by atoms with Crippen molar-refractivity contribution < 1.29 is 0 Å². The summed E-state index contributed by atoms with van der Waals surface area (Å²) in [5.74, 6) is 0.554. The molecule has 12 heavy (non-hydrogen) atoms. The first-order valence-electron chi connectivity index (χ1n) is 4.12. The molecule has 2 unspecified atom stereocenters. The third-order valence-corrected chi connectivity index (χ3v) is 5.30. The van der Waals surface area contributed by atoms with E-state index in [0.717, 1.165) is 0 Å². The highest BCUT2D eigenvalue weighted by atomic mass is 79.9. The first kappa shape index (κ1) is 10.5. The van der Waals surface area contributed by atoms with Gasteiger partial charge in [0, 0.05) is 4.48 Å². The summed E-state index contributed by atoms with van der Waals surface area (Å²) in [4.78, 5) is 0. The molecule has 0 spiro atoms. The maximum Gasteiger partial charge on any atom is 0.0509 e. The van der Waals surface area contributed by atoms with Gasteiger partial charge in [0.05, 0.1) is 4.32 Å². The van der Waals surface area contributed by atoms with Gasteiger partial charge in [-0.05, 0) is 37.8 Å². The Hall–Kier alpha value is 0.440. The van der Waals surface area contributed by atoms with Crippen molar-refractivity contribution in [3.63, 3.8) is 0 Å². The Morgan fingerprint density at radius 2 is 1.92 bits per heavy atom. The Bertz CT molecular complexity index is 259. The smallest absolute Gasteiger partial charge is 0.0509 e. The van der Waals surface area contributed by atoms with Crippen molar-refractivity contribution in [2.24, 2.45) is 5.92 Å². The highest BCUT2D eigenvalue weighted by molar-refractivity contribution is 9.12. The van der Waals surface area contributed by atoms with E-state index in [-0.39, 0.29) is 4.32 Å². The third-order valence-electron chi connectivity index (χ3n) is 2.76. The Kier molecular flexibility index (Phi) is 2.89. The highest BCUT2D eigenvalue weighted by Gasteiger charge is 2.33. The summed E-state index contributed by atoms with van der Waals surface area (Å²) in [6.07, 6.45) is 2.30. The standard InChI is InChI=1S/C10H14Br2/c1-6-5-7(2)10(4,12)8(3)9(6)11/h5,7H,1-4H3. The van der Waals surface area contributed by atoms with Crippen molar-refractivity contribution in [3.05, 3.63) is 21.7 Å². The van der Waals surface area contributed by atoms with Crippen LogP contribution >= 0.6 is 31.9 Å². The average Bonchev–Trinajstić information content (AvgIpc) is 1.99. The molecular weight excluding hydrogens is 280 g/mol. The quantitative estimate of drug-likeness (QED) is 0.581. The predicted octanol–water partition coefficient (Wildman–Crippen LogP) is 4.40. The zero-order valence-corrected chi connectivity index (χ0v) is 11.1. The molecule has 0 saturated heterocycles. The number of hydrogen-bond acceptors (Lipinski definition) is 0. The van der Waals surface area contributed by atoms with Gasteiger partial charge in [0.15, 0.2) is 0 Å². The number of halogens is 2. The maximum absolute atomic E-state index is 3.76. The lowest BCUT2D eigenvalue weighted by Crippen LogP contribution is -2.29. The summed E-state index contributed by atoms with van der Waals surface area (Å²) in [5.41, 5.74) is 2.73. The van der Waals surface area contributed by atoms with Crippen molar-refractivity contribution >= 4 is 31.9 Å². The van der Waals surface area contributed by atoms with Gasteiger partial charge in [0.1, 0.15) is 0 Å². The fraction of sp³-hybridized carbons (Fsp3) is 0.600. The second-order valence-corrected chi connectivity index (χ2v) is 6.09. The molecule has 2 atom stereocenters. The van der Waals surface area contributed by atoms with Gasteiger partial charge in [-0.2, -0.15) is 0 Å². The van der Waals surface area contributed by atoms with Crippen molar-refractivity contribution in [2.45, 2.75) is 32.0 Å². The summed E-state index contributed by atoms with van der Waals surface area (Å²) in [7, 11) is 0. The molecular formula is C10H14Br2. The van der Waals surface area contributed by atoms with Gasteiger partial charge in [-0.15, -0.1) is 0 Å². The van der Waals surface area contributed by atoms with E-state index in [9.17, 15) is 0 Å². The van der Waals surface area contributed by atoms with Crippen LogP contribution in [0, 0.1) is 5.92 Å². The molecule has 0 aromatic heterocycles. The second-order valence-electron chi connectivity index (χ2n) is 3.65. The molecule has 0 amide bonds. The molecule has 68 valence electrons. The summed E-state index contributed by atoms with van der Waals surface area (Å²) in [6, 6.07) is 0. The topological polar surface area (TPSA) is 0 Å². The zero-order chi connectivity index (χ0) is 9.52. The molecule has 0 aromatic rings. The molecule has 0 fully saturated rings. The first-order valence-corrected chi connectivity index (χ1v) is 5.70. The lowest BCUT2D eigenvalue weighted by atomic mass is 9.83. The highest BCUT2D eigenvalue weighted by Crippen LogP contribution is 2.44. The van der Waals surface area contributed by atoms with Crippen LogP contribution in [0.25, 0.3) is 0 Å². The normalized spacial score (nSPS) is 36.8. The van der Waals surface area contributed by atoms with E-state index >= 15 is 0 Å². The molecule has 0 aromatic carbocycles. The maximum atomic E-state index is 3.76. The molecule has 0 heterocycles. The van der Waals surface area contributed by atoms with Crippen LogP contribution in [0.1, 0.15) is 27.7 Å². The Morgan fingerprint density at radius 3 is 2.42 bits per heavy atom. The number of hydrogen-bond donors (Lipinski definition) is 0. The van der Waals surface area contributed by atoms with Crippen LogP contribution in [0.5, 0.6) is 0 Å². The van der Waals surface area contributed by atoms with Gasteiger partial charge < -0.3 is 0 Å². The molecule has 2 heteroatoms. The molecule has 1 aliphatic carbocycles. The summed E-state index contributed by atoms with van der Waals surface area (Å²) >= 11 is 7.36. The van der Waals surface area contributed by atoms with Gasteiger partial charge in [0.2, 0.25) is 0 Å². The van der Waals surface area contributed by atoms with Crippen molar-refractivity contribution in [1.29, 1.82) is 0 Å². The van der Waals surface area contributed by atoms with Crippen LogP contribution < -0.4 is 0 Å². The Balaban J connectivity index is 3.18. The fourth-order valence-electron chi connectivity index (χ4n) is 1.46. The van der Waals surface area contributed by atoms with Crippen LogP contribution in [0.4, 0.5) is 0 Å². The Morgan fingerprint density at radius 1 is 1.42 bits per heavy atom. The molecule has 0 bridgehead atoms. The van der Waals surface area contributed by atoms with Crippen molar-refractivity contribution in [3.8, 4) is 0 Å². The second kappa shape index (κ2) is 3.30. The van der Waals surface area contributed by atoms with Gasteiger partial charge >= 0.3 is 0 Å². The predicted molar refractivity (Wildman–Crippen MR) is 61.9 cm³/mol. The molecule has 0 saturated carbocycles. The van der Waals surface area contributed by atoms with E-state index in [1.807, 2.05) is 0 Å². The monoisotopic (exact) mass is 292 g/mol. The SMILES string of the molecule is CC1=CC(C)C(C)(Br)C(C)=C1Br. The summed E-state index contributed by atoms with van der Waals surface area (Å²) in [6.45, 7) is 8.77. The molecule has 0 N–H and O–H groups in total. The summed E-state index contributed by atoms with van der Waals surface area (Å²) < 4.78 is 1.37. The molecule has 0 aliphatic heterocycles. The average molecular weight is 294 g/mol. The van der Waals surface area contributed by atoms with Gasteiger partial charge in [-0.3, -0.25) is 0 Å². The largest absolute Gasteiger partial charge is 0.0801 e. The minimum atomic E-state index is 0.116. The number of rotatable bonds is 0. The number of alkyl halides is 1. The van der Waals surface area contributed by atoms with E-state index < -0.39 is 0 Å². The third kappa shape index (κ3) is 1.56. The Labute approximate surface area is 91.4 Å².